The average molecular weight is 202 g/mol. The monoisotopic (exact) mass is 201 g/mol. The van der Waals surface area contributed by atoms with Gasteiger partial charge in [-0.25, -0.2) is 0 Å². The SMILES string of the molecule is ClCC1(NCC2CCC2)CCCC1. The van der Waals surface area contributed by atoms with Gasteiger partial charge in [0.2, 0.25) is 0 Å². The smallest absolute Gasteiger partial charge is 0.0406 e. The summed E-state index contributed by atoms with van der Waals surface area (Å²) in [6, 6.07) is 0. The molecule has 0 unspecified atom stereocenters. The quantitative estimate of drug-likeness (QED) is 0.690. The minimum absolute atomic E-state index is 0.317. The molecule has 1 nitrogen and oxygen atoms in total. The van der Waals surface area contributed by atoms with Gasteiger partial charge in [-0.15, -0.1) is 11.6 Å². The normalized spacial score (nSPS) is 27.5. The first kappa shape index (κ1) is 9.79. The van der Waals surface area contributed by atoms with Crippen molar-refractivity contribution in [3.8, 4) is 0 Å². The standard InChI is InChI=1S/C11H20ClN/c12-9-11(6-1-2-7-11)13-8-10-4-3-5-10/h10,13H,1-9H2. The lowest BCUT2D eigenvalue weighted by molar-refractivity contribution is 0.257. The molecule has 1 N–H and O–H groups in total. The van der Waals surface area contributed by atoms with Crippen molar-refractivity contribution in [2.24, 2.45) is 5.92 Å². The third-order valence-corrected chi connectivity index (χ3v) is 4.32. The molecule has 0 aromatic heterocycles. The second-order valence-electron chi connectivity index (χ2n) is 4.80. The number of halogens is 1. The zero-order valence-electron chi connectivity index (χ0n) is 8.32. The van der Waals surface area contributed by atoms with Gasteiger partial charge < -0.3 is 5.32 Å². The first-order valence-corrected chi connectivity index (χ1v) is 6.19. The Bertz CT molecular complexity index is 159. The van der Waals surface area contributed by atoms with Crippen molar-refractivity contribution in [2.45, 2.75) is 50.5 Å². The molecule has 2 rings (SSSR count). The highest BCUT2D eigenvalue weighted by atomic mass is 35.5. The molecule has 2 aliphatic rings. The van der Waals surface area contributed by atoms with E-state index in [0.717, 1.165) is 11.8 Å². The number of alkyl halides is 1. The van der Waals surface area contributed by atoms with Gasteiger partial charge in [0.15, 0.2) is 0 Å². The Morgan fingerprint density at radius 2 is 1.85 bits per heavy atom. The molecule has 0 radical (unpaired) electrons. The Morgan fingerprint density at radius 1 is 1.15 bits per heavy atom. The molecule has 0 amide bonds. The van der Waals surface area contributed by atoms with E-state index in [1.807, 2.05) is 0 Å². The van der Waals surface area contributed by atoms with Crippen LogP contribution in [0.25, 0.3) is 0 Å². The summed E-state index contributed by atoms with van der Waals surface area (Å²) in [4.78, 5) is 0. The largest absolute Gasteiger partial charge is 0.310 e. The third kappa shape index (κ3) is 2.19. The van der Waals surface area contributed by atoms with Crippen molar-refractivity contribution >= 4 is 11.6 Å². The molecule has 0 aromatic carbocycles. The van der Waals surface area contributed by atoms with Crippen molar-refractivity contribution in [1.29, 1.82) is 0 Å². The third-order valence-electron chi connectivity index (χ3n) is 3.81. The van der Waals surface area contributed by atoms with Crippen LogP contribution in [0.1, 0.15) is 44.9 Å². The Kier molecular flexibility index (Phi) is 3.15. The van der Waals surface area contributed by atoms with Crippen LogP contribution in [0.3, 0.4) is 0 Å². The van der Waals surface area contributed by atoms with Crippen molar-refractivity contribution in [3.05, 3.63) is 0 Å². The van der Waals surface area contributed by atoms with Crippen LogP contribution in [-0.2, 0) is 0 Å². The summed E-state index contributed by atoms with van der Waals surface area (Å²) in [5.41, 5.74) is 0.317. The van der Waals surface area contributed by atoms with Gasteiger partial charge in [0.25, 0.3) is 0 Å². The van der Waals surface area contributed by atoms with Crippen LogP contribution < -0.4 is 5.32 Å². The summed E-state index contributed by atoms with van der Waals surface area (Å²) in [5.74, 6) is 1.76. The molecule has 0 spiro atoms. The fraction of sp³-hybridized carbons (Fsp3) is 1.00. The number of nitrogens with one attached hydrogen (secondary N) is 1. The maximum Gasteiger partial charge on any atom is 0.0406 e. The molecule has 0 aliphatic heterocycles. The van der Waals surface area contributed by atoms with Gasteiger partial charge in [-0.3, -0.25) is 0 Å². The maximum absolute atomic E-state index is 6.05. The molecule has 13 heavy (non-hydrogen) atoms. The second-order valence-corrected chi connectivity index (χ2v) is 5.07. The minimum Gasteiger partial charge on any atom is -0.310 e. The Labute approximate surface area is 86.2 Å². The van der Waals surface area contributed by atoms with Gasteiger partial charge in [-0.05, 0) is 38.1 Å². The predicted octanol–water partition coefficient (Wildman–Crippen LogP) is 2.93. The van der Waals surface area contributed by atoms with E-state index >= 15 is 0 Å². The Hall–Kier alpha value is 0.250. The average Bonchev–Trinajstić information content (AvgIpc) is 2.51. The van der Waals surface area contributed by atoms with Crippen LogP contribution in [0.15, 0.2) is 0 Å². The van der Waals surface area contributed by atoms with Gasteiger partial charge in [-0.1, -0.05) is 19.3 Å². The zero-order valence-corrected chi connectivity index (χ0v) is 9.08. The zero-order chi connectivity index (χ0) is 9.15. The van der Waals surface area contributed by atoms with E-state index < -0.39 is 0 Å². The first-order valence-electron chi connectivity index (χ1n) is 5.66. The van der Waals surface area contributed by atoms with Crippen LogP contribution in [0, 0.1) is 5.92 Å². The van der Waals surface area contributed by atoms with E-state index in [9.17, 15) is 0 Å². The summed E-state index contributed by atoms with van der Waals surface area (Å²) in [6.07, 6.45) is 9.64. The van der Waals surface area contributed by atoms with Gasteiger partial charge in [0, 0.05) is 11.4 Å². The van der Waals surface area contributed by atoms with Gasteiger partial charge in [0.1, 0.15) is 0 Å². The van der Waals surface area contributed by atoms with Crippen molar-refractivity contribution in [1.82, 2.24) is 5.32 Å². The van der Waals surface area contributed by atoms with Crippen LogP contribution in [0.2, 0.25) is 0 Å². The summed E-state index contributed by atoms with van der Waals surface area (Å²) >= 11 is 6.05. The molecular formula is C11H20ClN. The fourth-order valence-corrected chi connectivity index (χ4v) is 2.83. The maximum atomic E-state index is 6.05. The topological polar surface area (TPSA) is 12.0 Å². The fourth-order valence-electron chi connectivity index (χ4n) is 2.47. The van der Waals surface area contributed by atoms with Crippen molar-refractivity contribution < 1.29 is 0 Å². The molecule has 0 atom stereocenters. The van der Waals surface area contributed by atoms with Gasteiger partial charge >= 0.3 is 0 Å². The highest BCUT2D eigenvalue weighted by molar-refractivity contribution is 6.18. The molecule has 0 saturated heterocycles. The van der Waals surface area contributed by atoms with E-state index in [-0.39, 0.29) is 0 Å². The summed E-state index contributed by atoms with van der Waals surface area (Å²) in [7, 11) is 0. The molecule has 2 aliphatic carbocycles. The second kappa shape index (κ2) is 4.18. The van der Waals surface area contributed by atoms with Crippen LogP contribution in [0.4, 0.5) is 0 Å². The van der Waals surface area contributed by atoms with Crippen molar-refractivity contribution in [2.75, 3.05) is 12.4 Å². The summed E-state index contributed by atoms with van der Waals surface area (Å²) < 4.78 is 0. The lowest BCUT2D eigenvalue weighted by atomic mass is 9.84. The lowest BCUT2D eigenvalue weighted by Crippen LogP contribution is -2.47. The molecular weight excluding hydrogens is 182 g/mol. The van der Waals surface area contributed by atoms with Crippen LogP contribution in [-0.4, -0.2) is 18.0 Å². The Balaban J connectivity index is 1.75. The molecule has 0 heterocycles. The van der Waals surface area contributed by atoms with E-state index in [0.29, 0.717) is 5.54 Å². The molecule has 0 aromatic rings. The number of rotatable bonds is 4. The van der Waals surface area contributed by atoms with E-state index in [2.05, 4.69) is 5.32 Å². The Morgan fingerprint density at radius 3 is 2.31 bits per heavy atom. The lowest BCUT2D eigenvalue weighted by Gasteiger charge is -2.33. The predicted molar refractivity (Wildman–Crippen MR) is 57.3 cm³/mol. The molecule has 2 heteroatoms. The van der Waals surface area contributed by atoms with Crippen LogP contribution >= 0.6 is 11.6 Å². The van der Waals surface area contributed by atoms with E-state index in [1.165, 1.54) is 51.5 Å². The minimum atomic E-state index is 0.317. The highest BCUT2D eigenvalue weighted by Crippen LogP contribution is 2.32. The summed E-state index contributed by atoms with van der Waals surface area (Å²) in [5, 5.41) is 3.71. The van der Waals surface area contributed by atoms with Gasteiger partial charge in [0.05, 0.1) is 0 Å². The molecule has 0 bridgehead atoms. The number of hydrogen-bond acceptors (Lipinski definition) is 1. The first-order chi connectivity index (χ1) is 6.35. The van der Waals surface area contributed by atoms with Gasteiger partial charge in [-0.2, -0.15) is 0 Å². The van der Waals surface area contributed by atoms with Crippen LogP contribution in [0.5, 0.6) is 0 Å². The number of hydrogen-bond donors (Lipinski definition) is 1. The van der Waals surface area contributed by atoms with E-state index in [1.54, 1.807) is 0 Å². The van der Waals surface area contributed by atoms with Crippen molar-refractivity contribution in [3.63, 3.8) is 0 Å². The van der Waals surface area contributed by atoms with E-state index in [4.69, 9.17) is 11.6 Å². The molecule has 76 valence electrons. The molecule has 2 saturated carbocycles. The summed E-state index contributed by atoms with van der Waals surface area (Å²) in [6.45, 7) is 1.22. The highest BCUT2D eigenvalue weighted by Gasteiger charge is 2.33. The molecule has 2 fully saturated rings.